The van der Waals surface area contributed by atoms with E-state index in [9.17, 15) is 4.79 Å². The SMILES string of the molecule is Cc1cc(C)n(-c2ccc(N3CCCC(C(=O)Nc4cc(Cl)ccc4Cl)C3)nn2)n1. The van der Waals surface area contributed by atoms with Crippen molar-refractivity contribution in [2.24, 2.45) is 5.92 Å². The summed E-state index contributed by atoms with van der Waals surface area (Å²) in [5.74, 6) is 1.17. The van der Waals surface area contributed by atoms with Gasteiger partial charge in [-0.05, 0) is 63.1 Å². The average molecular weight is 445 g/mol. The summed E-state index contributed by atoms with van der Waals surface area (Å²) in [6, 6.07) is 10.8. The third-order valence-corrected chi connectivity index (χ3v) is 5.73. The number of piperidine rings is 1. The van der Waals surface area contributed by atoms with Crippen molar-refractivity contribution in [1.29, 1.82) is 0 Å². The van der Waals surface area contributed by atoms with E-state index >= 15 is 0 Å². The molecule has 9 heteroatoms. The number of rotatable bonds is 4. The van der Waals surface area contributed by atoms with Gasteiger partial charge in [-0.1, -0.05) is 23.2 Å². The number of hydrogen-bond donors (Lipinski definition) is 1. The molecule has 1 unspecified atom stereocenters. The largest absolute Gasteiger partial charge is 0.354 e. The van der Waals surface area contributed by atoms with Gasteiger partial charge in [0.1, 0.15) is 0 Å². The first-order chi connectivity index (χ1) is 14.4. The van der Waals surface area contributed by atoms with Crippen LogP contribution in [0, 0.1) is 19.8 Å². The number of aromatic nitrogens is 4. The smallest absolute Gasteiger partial charge is 0.229 e. The molecular weight excluding hydrogens is 423 g/mol. The molecule has 2 aromatic heterocycles. The lowest BCUT2D eigenvalue weighted by Crippen LogP contribution is -2.41. The number of carbonyl (C=O) groups is 1. The van der Waals surface area contributed by atoms with Gasteiger partial charge in [-0.2, -0.15) is 5.10 Å². The van der Waals surface area contributed by atoms with Crippen LogP contribution in [0.2, 0.25) is 10.0 Å². The molecule has 0 spiro atoms. The summed E-state index contributed by atoms with van der Waals surface area (Å²) in [4.78, 5) is 14.9. The topological polar surface area (TPSA) is 75.9 Å². The van der Waals surface area contributed by atoms with Crippen LogP contribution in [-0.4, -0.2) is 39.0 Å². The molecule has 30 heavy (non-hydrogen) atoms. The molecule has 1 atom stereocenters. The highest BCUT2D eigenvalue weighted by Gasteiger charge is 2.27. The van der Waals surface area contributed by atoms with E-state index in [-0.39, 0.29) is 11.8 Å². The van der Waals surface area contributed by atoms with Gasteiger partial charge in [0.25, 0.3) is 0 Å². The number of nitrogens with zero attached hydrogens (tertiary/aromatic N) is 5. The molecular formula is C21H22Cl2N6O. The Hall–Kier alpha value is -2.64. The zero-order valence-corrected chi connectivity index (χ0v) is 18.3. The number of hydrogen-bond acceptors (Lipinski definition) is 5. The Morgan fingerprint density at radius 2 is 1.87 bits per heavy atom. The number of carbonyl (C=O) groups excluding carboxylic acids is 1. The van der Waals surface area contributed by atoms with Crippen molar-refractivity contribution >= 4 is 40.6 Å². The highest BCUT2D eigenvalue weighted by atomic mass is 35.5. The quantitative estimate of drug-likeness (QED) is 0.643. The summed E-state index contributed by atoms with van der Waals surface area (Å²) in [5.41, 5.74) is 2.47. The molecule has 7 nitrogen and oxygen atoms in total. The number of amides is 1. The van der Waals surface area contributed by atoms with Gasteiger partial charge in [0.2, 0.25) is 5.91 Å². The van der Waals surface area contributed by atoms with Gasteiger partial charge in [0.15, 0.2) is 11.6 Å². The predicted molar refractivity (Wildman–Crippen MR) is 119 cm³/mol. The molecule has 1 saturated heterocycles. The fraction of sp³-hybridized carbons (Fsp3) is 0.333. The Labute approximate surface area is 185 Å². The van der Waals surface area contributed by atoms with Crippen molar-refractivity contribution in [2.45, 2.75) is 26.7 Å². The van der Waals surface area contributed by atoms with Crippen LogP contribution in [0.25, 0.3) is 5.82 Å². The van der Waals surface area contributed by atoms with E-state index in [2.05, 4.69) is 25.5 Å². The van der Waals surface area contributed by atoms with E-state index in [1.807, 2.05) is 32.0 Å². The Morgan fingerprint density at radius 3 is 2.57 bits per heavy atom. The zero-order valence-electron chi connectivity index (χ0n) is 16.8. The van der Waals surface area contributed by atoms with E-state index in [0.29, 0.717) is 28.1 Å². The van der Waals surface area contributed by atoms with Crippen molar-refractivity contribution in [3.8, 4) is 5.82 Å². The van der Waals surface area contributed by atoms with Crippen LogP contribution in [0.1, 0.15) is 24.2 Å². The lowest BCUT2D eigenvalue weighted by Gasteiger charge is -2.32. The Morgan fingerprint density at radius 1 is 1.10 bits per heavy atom. The lowest BCUT2D eigenvalue weighted by molar-refractivity contribution is -0.120. The fourth-order valence-electron chi connectivity index (χ4n) is 3.69. The minimum Gasteiger partial charge on any atom is -0.354 e. The second-order valence-electron chi connectivity index (χ2n) is 7.49. The van der Waals surface area contributed by atoms with Gasteiger partial charge in [0, 0.05) is 23.8 Å². The molecule has 0 saturated carbocycles. The van der Waals surface area contributed by atoms with Crippen molar-refractivity contribution < 1.29 is 4.79 Å². The number of anilines is 2. The zero-order chi connectivity index (χ0) is 21.3. The maximum atomic E-state index is 12.8. The molecule has 0 bridgehead atoms. The third-order valence-electron chi connectivity index (χ3n) is 5.17. The summed E-state index contributed by atoms with van der Waals surface area (Å²) in [6.45, 7) is 5.32. The van der Waals surface area contributed by atoms with Gasteiger partial charge < -0.3 is 10.2 Å². The van der Waals surface area contributed by atoms with Gasteiger partial charge in [-0.3, -0.25) is 4.79 Å². The molecule has 4 rings (SSSR count). The standard InChI is InChI=1S/C21H22Cl2N6O/c1-13-10-14(2)29(27-13)20-8-7-19(25-26-20)28-9-3-4-15(12-28)21(30)24-18-11-16(22)5-6-17(18)23/h5-8,10-11,15H,3-4,9,12H2,1-2H3,(H,24,30). The molecule has 1 aromatic carbocycles. The Kier molecular flexibility index (Phi) is 5.92. The summed E-state index contributed by atoms with van der Waals surface area (Å²) >= 11 is 12.2. The lowest BCUT2D eigenvalue weighted by atomic mass is 9.97. The molecule has 3 aromatic rings. The number of nitrogens with one attached hydrogen (secondary N) is 1. The van der Waals surface area contributed by atoms with Crippen LogP contribution in [0.5, 0.6) is 0 Å². The van der Waals surface area contributed by atoms with Crippen LogP contribution in [-0.2, 0) is 4.79 Å². The predicted octanol–water partition coefficient (Wildman–Crippen LogP) is 4.44. The summed E-state index contributed by atoms with van der Waals surface area (Å²) in [5, 5.41) is 17.0. The minimum absolute atomic E-state index is 0.0731. The molecule has 1 aliphatic heterocycles. The molecule has 3 heterocycles. The Bertz CT molecular complexity index is 1070. The second kappa shape index (κ2) is 8.62. The van der Waals surface area contributed by atoms with Crippen molar-refractivity contribution in [2.75, 3.05) is 23.3 Å². The van der Waals surface area contributed by atoms with E-state index < -0.39 is 0 Å². The van der Waals surface area contributed by atoms with Crippen LogP contribution < -0.4 is 10.2 Å². The fourth-order valence-corrected chi connectivity index (χ4v) is 4.02. The summed E-state index contributed by atoms with van der Waals surface area (Å²) in [6.07, 6.45) is 1.69. The minimum atomic E-state index is -0.175. The molecule has 1 amide bonds. The highest BCUT2D eigenvalue weighted by Crippen LogP contribution is 2.28. The molecule has 0 aliphatic carbocycles. The first-order valence-electron chi connectivity index (χ1n) is 9.79. The van der Waals surface area contributed by atoms with Crippen molar-refractivity contribution in [3.05, 3.63) is 57.8 Å². The maximum Gasteiger partial charge on any atom is 0.229 e. The summed E-state index contributed by atoms with van der Waals surface area (Å²) < 4.78 is 1.77. The summed E-state index contributed by atoms with van der Waals surface area (Å²) in [7, 11) is 0. The molecule has 156 valence electrons. The van der Waals surface area contributed by atoms with Crippen LogP contribution in [0.3, 0.4) is 0 Å². The first kappa shape index (κ1) is 20.6. The number of aryl methyl sites for hydroxylation is 2. The normalized spacial score (nSPS) is 16.5. The van der Waals surface area contributed by atoms with E-state index in [4.69, 9.17) is 23.2 Å². The van der Waals surface area contributed by atoms with Gasteiger partial charge in [-0.15, -0.1) is 10.2 Å². The Balaban J connectivity index is 1.45. The molecule has 0 radical (unpaired) electrons. The van der Waals surface area contributed by atoms with Crippen molar-refractivity contribution in [3.63, 3.8) is 0 Å². The molecule has 1 N–H and O–H groups in total. The third kappa shape index (κ3) is 4.42. The van der Waals surface area contributed by atoms with Crippen LogP contribution in [0.4, 0.5) is 11.5 Å². The number of halogens is 2. The highest BCUT2D eigenvalue weighted by molar-refractivity contribution is 6.35. The van der Waals surface area contributed by atoms with E-state index in [1.165, 1.54) is 0 Å². The van der Waals surface area contributed by atoms with Crippen LogP contribution >= 0.6 is 23.2 Å². The molecule has 1 aliphatic rings. The van der Waals surface area contributed by atoms with E-state index in [1.54, 1.807) is 22.9 Å². The van der Waals surface area contributed by atoms with Gasteiger partial charge in [-0.25, -0.2) is 4.68 Å². The van der Waals surface area contributed by atoms with Crippen LogP contribution in [0.15, 0.2) is 36.4 Å². The first-order valence-corrected chi connectivity index (χ1v) is 10.5. The molecule has 1 fully saturated rings. The number of benzene rings is 1. The van der Waals surface area contributed by atoms with Crippen molar-refractivity contribution in [1.82, 2.24) is 20.0 Å². The maximum absolute atomic E-state index is 12.8. The average Bonchev–Trinajstić information content (AvgIpc) is 3.09. The van der Waals surface area contributed by atoms with E-state index in [0.717, 1.165) is 36.6 Å². The second-order valence-corrected chi connectivity index (χ2v) is 8.33. The monoisotopic (exact) mass is 444 g/mol. The van der Waals surface area contributed by atoms with Gasteiger partial charge in [0.05, 0.1) is 22.3 Å². The van der Waals surface area contributed by atoms with Gasteiger partial charge >= 0.3 is 0 Å².